The van der Waals surface area contributed by atoms with E-state index in [1.807, 2.05) is 6.08 Å². The van der Waals surface area contributed by atoms with Crippen molar-refractivity contribution in [2.45, 2.75) is 19.3 Å². The van der Waals surface area contributed by atoms with Crippen LogP contribution in [0.3, 0.4) is 0 Å². The first kappa shape index (κ1) is 7.06. The second-order valence-electron chi connectivity index (χ2n) is 2.27. The van der Waals surface area contributed by atoms with Crippen LogP contribution >= 0.6 is 0 Å². The first-order valence-corrected chi connectivity index (χ1v) is 3.36. The van der Waals surface area contributed by atoms with Gasteiger partial charge in [0.25, 0.3) is 0 Å². The third-order valence-electron chi connectivity index (χ3n) is 1.53. The minimum Gasteiger partial charge on any atom is -0.508 e. The number of aldehydes is 1. The van der Waals surface area contributed by atoms with Crippen molar-refractivity contribution >= 4 is 6.29 Å². The standard InChI is InChI=1S/C8H10O2/c9-6-5-7-3-1-2-4-8(7)10/h3-4,6,10H,1-2,5H2. The molecule has 0 radical (unpaired) electrons. The topological polar surface area (TPSA) is 37.3 Å². The summed E-state index contributed by atoms with van der Waals surface area (Å²) in [5.74, 6) is 0.276. The molecule has 0 saturated carbocycles. The maximum absolute atomic E-state index is 10.0. The molecule has 54 valence electrons. The molecular weight excluding hydrogens is 128 g/mol. The van der Waals surface area contributed by atoms with Gasteiger partial charge in [-0.15, -0.1) is 0 Å². The summed E-state index contributed by atoms with van der Waals surface area (Å²) in [6.07, 6.45) is 6.62. The Morgan fingerprint density at radius 2 is 2.20 bits per heavy atom. The number of carbonyl (C=O) groups is 1. The summed E-state index contributed by atoms with van der Waals surface area (Å²) in [4.78, 5) is 10.0. The largest absolute Gasteiger partial charge is 0.508 e. The maximum Gasteiger partial charge on any atom is 0.124 e. The number of rotatable bonds is 2. The van der Waals surface area contributed by atoms with Crippen LogP contribution in [0.5, 0.6) is 0 Å². The molecule has 0 aromatic carbocycles. The van der Waals surface area contributed by atoms with Crippen LogP contribution < -0.4 is 0 Å². The van der Waals surface area contributed by atoms with Gasteiger partial charge in [0, 0.05) is 6.42 Å². The molecule has 2 nitrogen and oxygen atoms in total. The normalized spacial score (nSPS) is 17.6. The zero-order valence-electron chi connectivity index (χ0n) is 5.71. The number of aliphatic hydroxyl groups is 1. The van der Waals surface area contributed by atoms with Crippen LogP contribution in [0.1, 0.15) is 19.3 Å². The SMILES string of the molecule is O=CCC1=CCCC=C1O. The van der Waals surface area contributed by atoms with E-state index in [1.165, 1.54) is 0 Å². The number of carbonyl (C=O) groups excluding carboxylic acids is 1. The van der Waals surface area contributed by atoms with Crippen LogP contribution in [0.15, 0.2) is 23.5 Å². The molecule has 0 aromatic rings. The van der Waals surface area contributed by atoms with Crippen molar-refractivity contribution in [3.63, 3.8) is 0 Å². The highest BCUT2D eigenvalue weighted by atomic mass is 16.3. The van der Waals surface area contributed by atoms with E-state index in [0.29, 0.717) is 6.42 Å². The lowest BCUT2D eigenvalue weighted by atomic mass is 10.0. The van der Waals surface area contributed by atoms with Gasteiger partial charge in [0.1, 0.15) is 12.0 Å². The average molecular weight is 138 g/mol. The van der Waals surface area contributed by atoms with Crippen molar-refractivity contribution in [3.8, 4) is 0 Å². The molecule has 0 fully saturated rings. The van der Waals surface area contributed by atoms with Gasteiger partial charge in [0.2, 0.25) is 0 Å². The predicted octanol–water partition coefficient (Wildman–Crippen LogP) is 1.74. The van der Waals surface area contributed by atoms with Crippen LogP contribution in [-0.4, -0.2) is 11.4 Å². The monoisotopic (exact) mass is 138 g/mol. The quantitative estimate of drug-likeness (QED) is 0.590. The van der Waals surface area contributed by atoms with Crippen LogP contribution in [-0.2, 0) is 4.79 Å². The van der Waals surface area contributed by atoms with E-state index < -0.39 is 0 Å². The summed E-state index contributed by atoms with van der Waals surface area (Å²) in [6.45, 7) is 0. The molecule has 0 spiro atoms. The summed E-state index contributed by atoms with van der Waals surface area (Å²) in [6, 6.07) is 0. The van der Waals surface area contributed by atoms with Crippen molar-refractivity contribution in [2.24, 2.45) is 0 Å². The van der Waals surface area contributed by atoms with E-state index >= 15 is 0 Å². The average Bonchev–Trinajstić information content (AvgIpc) is 1.94. The van der Waals surface area contributed by atoms with Gasteiger partial charge in [-0.05, 0) is 24.5 Å². The highest BCUT2D eigenvalue weighted by Gasteiger charge is 2.04. The Kier molecular flexibility index (Phi) is 2.26. The molecule has 0 saturated heterocycles. The molecule has 1 aliphatic rings. The van der Waals surface area contributed by atoms with Gasteiger partial charge in [-0.2, -0.15) is 0 Å². The third kappa shape index (κ3) is 1.47. The number of allylic oxidation sites excluding steroid dienone is 3. The van der Waals surface area contributed by atoms with E-state index in [2.05, 4.69) is 0 Å². The molecule has 2 heteroatoms. The second-order valence-corrected chi connectivity index (χ2v) is 2.27. The summed E-state index contributed by atoms with van der Waals surface area (Å²) < 4.78 is 0. The minimum atomic E-state index is 0.276. The van der Waals surface area contributed by atoms with E-state index in [9.17, 15) is 4.79 Å². The van der Waals surface area contributed by atoms with Gasteiger partial charge in [0.15, 0.2) is 0 Å². The lowest BCUT2D eigenvalue weighted by Crippen LogP contribution is -1.94. The van der Waals surface area contributed by atoms with Gasteiger partial charge in [-0.1, -0.05) is 6.08 Å². The molecule has 0 aromatic heterocycles. The summed E-state index contributed by atoms with van der Waals surface area (Å²) in [7, 11) is 0. The molecule has 0 atom stereocenters. The molecule has 0 aliphatic heterocycles. The fraction of sp³-hybridized carbons (Fsp3) is 0.375. The molecule has 1 N–H and O–H groups in total. The Morgan fingerprint density at radius 1 is 1.50 bits per heavy atom. The first-order valence-electron chi connectivity index (χ1n) is 3.36. The highest BCUT2D eigenvalue weighted by molar-refractivity contribution is 5.57. The Balaban J connectivity index is 2.64. The van der Waals surface area contributed by atoms with Gasteiger partial charge < -0.3 is 9.90 Å². The smallest absolute Gasteiger partial charge is 0.124 e. The maximum atomic E-state index is 10.0. The number of hydrogen-bond donors (Lipinski definition) is 1. The van der Waals surface area contributed by atoms with E-state index in [-0.39, 0.29) is 5.76 Å². The molecule has 1 rings (SSSR count). The van der Waals surface area contributed by atoms with Crippen LogP contribution in [0, 0.1) is 0 Å². The van der Waals surface area contributed by atoms with Gasteiger partial charge in [-0.3, -0.25) is 0 Å². The fourth-order valence-corrected chi connectivity index (χ4v) is 0.991. The number of hydrogen-bond acceptors (Lipinski definition) is 2. The summed E-state index contributed by atoms with van der Waals surface area (Å²) in [5, 5.41) is 9.13. The van der Waals surface area contributed by atoms with Gasteiger partial charge >= 0.3 is 0 Å². The van der Waals surface area contributed by atoms with Crippen molar-refractivity contribution in [3.05, 3.63) is 23.5 Å². The van der Waals surface area contributed by atoms with Crippen molar-refractivity contribution in [2.75, 3.05) is 0 Å². The zero-order valence-corrected chi connectivity index (χ0v) is 5.71. The van der Waals surface area contributed by atoms with Crippen molar-refractivity contribution in [1.82, 2.24) is 0 Å². The Morgan fingerprint density at radius 3 is 2.80 bits per heavy atom. The molecule has 0 unspecified atom stereocenters. The molecule has 0 heterocycles. The Labute approximate surface area is 59.9 Å². The van der Waals surface area contributed by atoms with E-state index in [0.717, 1.165) is 24.7 Å². The van der Waals surface area contributed by atoms with Gasteiger partial charge in [-0.25, -0.2) is 0 Å². The Bertz CT molecular complexity index is 189. The third-order valence-corrected chi connectivity index (χ3v) is 1.53. The first-order chi connectivity index (χ1) is 4.84. The zero-order chi connectivity index (χ0) is 7.40. The molecule has 0 bridgehead atoms. The van der Waals surface area contributed by atoms with Crippen molar-refractivity contribution < 1.29 is 9.90 Å². The molecule has 0 amide bonds. The fourth-order valence-electron chi connectivity index (χ4n) is 0.991. The molecule has 1 aliphatic carbocycles. The lowest BCUT2D eigenvalue weighted by Gasteiger charge is -2.06. The van der Waals surface area contributed by atoms with Gasteiger partial charge in [0.05, 0.1) is 0 Å². The van der Waals surface area contributed by atoms with Crippen LogP contribution in [0.4, 0.5) is 0 Å². The predicted molar refractivity (Wildman–Crippen MR) is 38.7 cm³/mol. The minimum absolute atomic E-state index is 0.276. The lowest BCUT2D eigenvalue weighted by molar-refractivity contribution is -0.107. The molecule has 10 heavy (non-hydrogen) atoms. The second kappa shape index (κ2) is 3.20. The van der Waals surface area contributed by atoms with Crippen LogP contribution in [0.25, 0.3) is 0 Å². The van der Waals surface area contributed by atoms with Crippen LogP contribution in [0.2, 0.25) is 0 Å². The van der Waals surface area contributed by atoms with E-state index in [1.54, 1.807) is 6.08 Å². The molecular formula is C8H10O2. The summed E-state index contributed by atoms with van der Waals surface area (Å²) in [5.41, 5.74) is 0.765. The number of aliphatic hydroxyl groups excluding tert-OH is 1. The highest BCUT2D eigenvalue weighted by Crippen LogP contribution is 2.17. The summed E-state index contributed by atoms with van der Waals surface area (Å²) >= 11 is 0. The Hall–Kier alpha value is -1.05. The van der Waals surface area contributed by atoms with Crippen molar-refractivity contribution in [1.29, 1.82) is 0 Å². The van der Waals surface area contributed by atoms with E-state index in [4.69, 9.17) is 5.11 Å².